The van der Waals surface area contributed by atoms with Gasteiger partial charge in [-0.15, -0.1) is 0 Å². The molecule has 2 rings (SSSR count). The number of rotatable bonds is 4. The molecule has 2 heteroatoms. The van der Waals surface area contributed by atoms with Crippen LogP contribution in [0.4, 0.5) is 0 Å². The van der Waals surface area contributed by atoms with E-state index in [-0.39, 0.29) is 6.10 Å². The molecule has 0 amide bonds. The van der Waals surface area contributed by atoms with Crippen molar-refractivity contribution in [2.24, 2.45) is 0 Å². The van der Waals surface area contributed by atoms with E-state index >= 15 is 0 Å². The van der Waals surface area contributed by atoms with Crippen molar-refractivity contribution in [1.29, 1.82) is 0 Å². The number of benzene rings is 1. The highest BCUT2D eigenvalue weighted by atomic mass is 16.3. The second-order valence-electron chi connectivity index (χ2n) is 4.70. The molecule has 0 heterocycles. The lowest BCUT2D eigenvalue weighted by molar-refractivity contribution is 0.117. The Balaban J connectivity index is 1.65. The zero-order valence-corrected chi connectivity index (χ0v) is 9.73. The van der Waals surface area contributed by atoms with Crippen molar-refractivity contribution in [3.05, 3.63) is 35.9 Å². The SMILES string of the molecule is OC1CCC(NCCc2ccccc2)CC1. The molecular weight excluding hydrogens is 198 g/mol. The summed E-state index contributed by atoms with van der Waals surface area (Å²) in [5, 5.41) is 13.0. The summed E-state index contributed by atoms with van der Waals surface area (Å²) >= 11 is 0. The molecule has 0 atom stereocenters. The fourth-order valence-corrected chi connectivity index (χ4v) is 2.35. The van der Waals surface area contributed by atoms with Gasteiger partial charge in [-0.25, -0.2) is 0 Å². The van der Waals surface area contributed by atoms with Gasteiger partial charge in [0.1, 0.15) is 0 Å². The molecule has 1 fully saturated rings. The van der Waals surface area contributed by atoms with Crippen LogP contribution >= 0.6 is 0 Å². The van der Waals surface area contributed by atoms with Crippen LogP contribution in [0.15, 0.2) is 30.3 Å². The molecule has 88 valence electrons. The minimum atomic E-state index is -0.0489. The van der Waals surface area contributed by atoms with Crippen LogP contribution in [-0.4, -0.2) is 23.8 Å². The van der Waals surface area contributed by atoms with Crippen molar-refractivity contribution in [2.45, 2.75) is 44.2 Å². The zero-order valence-electron chi connectivity index (χ0n) is 9.73. The summed E-state index contributed by atoms with van der Waals surface area (Å²) in [6, 6.07) is 11.2. The second kappa shape index (κ2) is 6.02. The Bertz CT molecular complexity index is 291. The Hall–Kier alpha value is -0.860. The van der Waals surface area contributed by atoms with E-state index < -0.39 is 0 Å². The van der Waals surface area contributed by atoms with Crippen molar-refractivity contribution in [1.82, 2.24) is 5.32 Å². The van der Waals surface area contributed by atoms with Crippen molar-refractivity contribution in [3.63, 3.8) is 0 Å². The van der Waals surface area contributed by atoms with E-state index in [1.165, 1.54) is 5.56 Å². The quantitative estimate of drug-likeness (QED) is 0.813. The Morgan fingerprint density at radius 2 is 1.75 bits per heavy atom. The van der Waals surface area contributed by atoms with E-state index in [0.29, 0.717) is 6.04 Å². The second-order valence-corrected chi connectivity index (χ2v) is 4.70. The first-order valence-corrected chi connectivity index (χ1v) is 6.30. The summed E-state index contributed by atoms with van der Waals surface area (Å²) in [6.45, 7) is 1.05. The van der Waals surface area contributed by atoms with Gasteiger partial charge in [0.05, 0.1) is 6.10 Å². The Kier molecular flexibility index (Phi) is 4.37. The molecule has 0 unspecified atom stereocenters. The van der Waals surface area contributed by atoms with Gasteiger partial charge in [0.15, 0.2) is 0 Å². The van der Waals surface area contributed by atoms with Crippen LogP contribution in [0.1, 0.15) is 31.2 Å². The minimum Gasteiger partial charge on any atom is -0.393 e. The van der Waals surface area contributed by atoms with Gasteiger partial charge in [-0.3, -0.25) is 0 Å². The molecule has 2 nitrogen and oxygen atoms in total. The van der Waals surface area contributed by atoms with E-state index in [9.17, 15) is 5.11 Å². The van der Waals surface area contributed by atoms with Crippen LogP contribution < -0.4 is 5.32 Å². The highest BCUT2D eigenvalue weighted by Gasteiger charge is 2.18. The van der Waals surface area contributed by atoms with Crippen molar-refractivity contribution in [2.75, 3.05) is 6.54 Å². The average Bonchev–Trinajstić information content (AvgIpc) is 2.33. The third-order valence-electron chi connectivity index (χ3n) is 3.39. The first kappa shape index (κ1) is 11.6. The molecule has 0 bridgehead atoms. The van der Waals surface area contributed by atoms with Crippen LogP contribution in [-0.2, 0) is 6.42 Å². The average molecular weight is 219 g/mol. The van der Waals surface area contributed by atoms with E-state index in [1.807, 2.05) is 0 Å². The summed E-state index contributed by atoms with van der Waals surface area (Å²) in [4.78, 5) is 0. The fraction of sp³-hybridized carbons (Fsp3) is 0.571. The smallest absolute Gasteiger partial charge is 0.0541 e. The highest BCUT2D eigenvalue weighted by Crippen LogP contribution is 2.18. The van der Waals surface area contributed by atoms with E-state index in [4.69, 9.17) is 0 Å². The van der Waals surface area contributed by atoms with Crippen LogP contribution in [0, 0.1) is 0 Å². The van der Waals surface area contributed by atoms with Gasteiger partial charge >= 0.3 is 0 Å². The Labute approximate surface area is 97.7 Å². The van der Waals surface area contributed by atoms with Gasteiger partial charge in [-0.05, 0) is 44.2 Å². The fourth-order valence-electron chi connectivity index (χ4n) is 2.35. The molecule has 1 aromatic rings. The third-order valence-corrected chi connectivity index (χ3v) is 3.39. The van der Waals surface area contributed by atoms with Crippen molar-refractivity contribution >= 4 is 0 Å². The normalized spacial score (nSPS) is 25.6. The van der Waals surface area contributed by atoms with Gasteiger partial charge in [0, 0.05) is 6.04 Å². The van der Waals surface area contributed by atoms with Gasteiger partial charge < -0.3 is 10.4 Å². The minimum absolute atomic E-state index is 0.0489. The zero-order chi connectivity index (χ0) is 11.2. The van der Waals surface area contributed by atoms with Crippen LogP contribution in [0.2, 0.25) is 0 Å². The molecule has 16 heavy (non-hydrogen) atoms. The summed E-state index contributed by atoms with van der Waals surface area (Å²) in [6.07, 6.45) is 5.21. The molecule has 0 saturated heterocycles. The number of aliphatic hydroxyl groups is 1. The van der Waals surface area contributed by atoms with Gasteiger partial charge in [0.25, 0.3) is 0 Å². The first-order valence-electron chi connectivity index (χ1n) is 6.30. The maximum Gasteiger partial charge on any atom is 0.0541 e. The lowest BCUT2D eigenvalue weighted by Gasteiger charge is -2.26. The number of aliphatic hydroxyl groups excluding tert-OH is 1. The van der Waals surface area contributed by atoms with Gasteiger partial charge in [-0.1, -0.05) is 30.3 Å². The van der Waals surface area contributed by atoms with E-state index in [1.54, 1.807) is 0 Å². The summed E-state index contributed by atoms with van der Waals surface area (Å²) < 4.78 is 0. The summed E-state index contributed by atoms with van der Waals surface area (Å²) in [5.74, 6) is 0. The predicted molar refractivity (Wildman–Crippen MR) is 66.4 cm³/mol. The maximum atomic E-state index is 9.40. The molecule has 1 saturated carbocycles. The molecular formula is C14H21NO. The molecule has 2 N–H and O–H groups in total. The first-order chi connectivity index (χ1) is 7.84. The summed E-state index contributed by atoms with van der Waals surface area (Å²) in [5.41, 5.74) is 1.39. The standard InChI is InChI=1S/C14H21NO/c16-14-8-6-13(7-9-14)15-11-10-12-4-2-1-3-5-12/h1-5,13-16H,6-11H2. The molecule has 0 spiro atoms. The topological polar surface area (TPSA) is 32.3 Å². The highest BCUT2D eigenvalue weighted by molar-refractivity contribution is 5.14. The van der Waals surface area contributed by atoms with E-state index in [0.717, 1.165) is 38.6 Å². The molecule has 1 aliphatic carbocycles. The molecule has 0 aliphatic heterocycles. The maximum absolute atomic E-state index is 9.40. The van der Waals surface area contributed by atoms with E-state index in [2.05, 4.69) is 35.6 Å². The Morgan fingerprint density at radius 1 is 1.06 bits per heavy atom. The van der Waals surface area contributed by atoms with Gasteiger partial charge in [0.2, 0.25) is 0 Å². The number of hydrogen-bond donors (Lipinski definition) is 2. The number of nitrogens with one attached hydrogen (secondary N) is 1. The molecule has 0 radical (unpaired) electrons. The molecule has 1 aromatic carbocycles. The molecule has 1 aliphatic rings. The third kappa shape index (κ3) is 3.62. The van der Waals surface area contributed by atoms with Crippen LogP contribution in [0.25, 0.3) is 0 Å². The predicted octanol–water partition coefficient (Wildman–Crippen LogP) is 2.12. The van der Waals surface area contributed by atoms with Crippen LogP contribution in [0.5, 0.6) is 0 Å². The Morgan fingerprint density at radius 3 is 2.44 bits per heavy atom. The molecule has 0 aromatic heterocycles. The van der Waals surface area contributed by atoms with Crippen molar-refractivity contribution in [3.8, 4) is 0 Å². The number of hydrogen-bond acceptors (Lipinski definition) is 2. The monoisotopic (exact) mass is 219 g/mol. The lowest BCUT2D eigenvalue weighted by Crippen LogP contribution is -2.35. The van der Waals surface area contributed by atoms with Crippen molar-refractivity contribution < 1.29 is 5.11 Å². The van der Waals surface area contributed by atoms with Crippen LogP contribution in [0.3, 0.4) is 0 Å². The van der Waals surface area contributed by atoms with Gasteiger partial charge in [-0.2, -0.15) is 0 Å². The lowest BCUT2D eigenvalue weighted by atomic mass is 9.93. The summed E-state index contributed by atoms with van der Waals surface area (Å²) in [7, 11) is 0. The largest absolute Gasteiger partial charge is 0.393 e.